The maximum absolute atomic E-state index is 13.9. The lowest BCUT2D eigenvalue weighted by atomic mass is 10.3. The number of hydrogen-bond donors (Lipinski definition) is 0. The highest BCUT2D eigenvalue weighted by molar-refractivity contribution is 7.09. The highest BCUT2D eigenvalue weighted by Crippen LogP contribution is 2.21. The van der Waals surface area contributed by atoms with E-state index < -0.39 is 11.9 Å². The molecule has 0 unspecified atom stereocenters. The molecule has 0 fully saturated rings. The Kier molecular flexibility index (Phi) is 4.42. The number of ether oxygens (including phenoxy) is 1. The number of thiazole rings is 1. The van der Waals surface area contributed by atoms with Gasteiger partial charge in [-0.2, -0.15) is 0 Å². The van der Waals surface area contributed by atoms with Crippen molar-refractivity contribution in [1.82, 2.24) is 19.4 Å². The van der Waals surface area contributed by atoms with Crippen molar-refractivity contribution in [2.45, 2.75) is 26.1 Å². The fourth-order valence-electron chi connectivity index (χ4n) is 3.02. The summed E-state index contributed by atoms with van der Waals surface area (Å²) in [5, 5.41) is 2.60. The molecule has 1 aliphatic heterocycles. The third-order valence-corrected chi connectivity index (χ3v) is 5.00. The molecule has 0 saturated heterocycles. The van der Waals surface area contributed by atoms with Crippen LogP contribution in [0.1, 0.15) is 21.2 Å². The zero-order valence-corrected chi connectivity index (χ0v) is 14.9. The van der Waals surface area contributed by atoms with Crippen LogP contribution in [0.3, 0.4) is 0 Å². The molecule has 0 spiro atoms. The summed E-state index contributed by atoms with van der Waals surface area (Å²) < 4.78 is 21.7. The largest absolute Gasteiger partial charge is 0.468 e. The summed E-state index contributed by atoms with van der Waals surface area (Å²) in [6, 6.07) is 6.71. The van der Waals surface area contributed by atoms with Gasteiger partial charge in [-0.3, -0.25) is 4.79 Å². The van der Waals surface area contributed by atoms with E-state index in [9.17, 15) is 9.18 Å². The quantitative estimate of drug-likeness (QED) is 0.709. The van der Waals surface area contributed by atoms with Crippen LogP contribution < -0.4 is 4.74 Å². The van der Waals surface area contributed by atoms with Crippen molar-refractivity contribution >= 4 is 17.2 Å². The molecule has 6 nitrogen and oxygen atoms in total. The third-order valence-electron chi connectivity index (χ3n) is 4.23. The first kappa shape index (κ1) is 16.7. The molecule has 0 aromatic carbocycles. The lowest BCUT2D eigenvalue weighted by Crippen LogP contribution is -2.39. The van der Waals surface area contributed by atoms with Gasteiger partial charge < -0.3 is 14.2 Å². The second-order valence-corrected chi connectivity index (χ2v) is 7.18. The lowest BCUT2D eigenvalue weighted by molar-refractivity contribution is 0.0636. The fraction of sp³-hybridized carbons (Fsp3) is 0.278. The average molecular weight is 372 g/mol. The summed E-state index contributed by atoms with van der Waals surface area (Å²) in [5.41, 5.74) is 1.42. The molecule has 1 atom stereocenters. The van der Waals surface area contributed by atoms with Gasteiger partial charge in [-0.25, -0.2) is 14.4 Å². The van der Waals surface area contributed by atoms with Gasteiger partial charge in [0.25, 0.3) is 11.8 Å². The van der Waals surface area contributed by atoms with Gasteiger partial charge in [0, 0.05) is 23.5 Å². The van der Waals surface area contributed by atoms with E-state index in [0.717, 1.165) is 10.7 Å². The van der Waals surface area contributed by atoms with Gasteiger partial charge in [0.15, 0.2) is 5.82 Å². The van der Waals surface area contributed by atoms with E-state index in [1.165, 1.54) is 29.7 Å². The number of hydrogen-bond acceptors (Lipinski definition) is 5. The molecular formula is C18H17FN4O2S. The number of pyridine rings is 1. The van der Waals surface area contributed by atoms with E-state index in [2.05, 4.69) is 9.97 Å². The smallest absolute Gasteiger partial charge is 0.273 e. The van der Waals surface area contributed by atoms with E-state index in [1.807, 2.05) is 29.8 Å². The van der Waals surface area contributed by atoms with Gasteiger partial charge in [0.05, 0.1) is 24.6 Å². The predicted octanol–water partition coefficient (Wildman–Crippen LogP) is 2.89. The Balaban J connectivity index is 1.61. The Hall–Kier alpha value is -2.74. The molecule has 134 valence electrons. The number of aromatic nitrogens is 3. The number of aryl methyl sites for hydroxylation is 1. The number of carbonyl (C=O) groups excluding carboxylic acids is 1. The van der Waals surface area contributed by atoms with E-state index in [4.69, 9.17) is 4.74 Å². The van der Waals surface area contributed by atoms with Crippen LogP contribution in [0.25, 0.3) is 0 Å². The van der Waals surface area contributed by atoms with Gasteiger partial charge in [-0.1, -0.05) is 0 Å². The van der Waals surface area contributed by atoms with Crippen LogP contribution in [-0.4, -0.2) is 38.0 Å². The molecule has 0 N–H and O–H groups in total. The molecule has 0 saturated carbocycles. The summed E-state index contributed by atoms with van der Waals surface area (Å²) in [7, 11) is 0. The van der Waals surface area contributed by atoms with Gasteiger partial charge in [0.1, 0.15) is 11.8 Å². The molecule has 0 aliphatic carbocycles. The van der Waals surface area contributed by atoms with Crippen molar-refractivity contribution in [3.05, 3.63) is 64.3 Å². The second kappa shape index (κ2) is 6.87. The highest BCUT2D eigenvalue weighted by atomic mass is 32.1. The number of rotatable bonds is 3. The molecule has 3 aromatic heterocycles. The summed E-state index contributed by atoms with van der Waals surface area (Å²) >= 11 is 1.44. The zero-order chi connectivity index (χ0) is 18.1. The Morgan fingerprint density at radius 1 is 1.35 bits per heavy atom. The molecule has 0 bridgehead atoms. The van der Waals surface area contributed by atoms with Gasteiger partial charge in [0.2, 0.25) is 0 Å². The minimum Gasteiger partial charge on any atom is -0.468 e. The highest BCUT2D eigenvalue weighted by Gasteiger charge is 2.28. The molecule has 3 aromatic rings. The van der Waals surface area contributed by atoms with Crippen molar-refractivity contribution < 1.29 is 13.9 Å². The third kappa shape index (κ3) is 3.32. The van der Waals surface area contributed by atoms with Crippen LogP contribution in [0.4, 0.5) is 4.39 Å². The topological polar surface area (TPSA) is 60.2 Å². The molecule has 1 aliphatic rings. The van der Waals surface area contributed by atoms with Crippen LogP contribution in [-0.2, 0) is 13.1 Å². The first-order valence-electron chi connectivity index (χ1n) is 8.23. The standard InChI is InChI=1S/C18H17FN4O2S/c1-12-21-16(11-26-12)18(24)23-8-13-4-3-7-22(13)9-14(10-23)25-17-15(19)5-2-6-20-17/h2-7,11,14H,8-10H2,1H3/t14-/m1/s1. The number of carbonyl (C=O) groups is 1. The van der Waals surface area contributed by atoms with Crippen LogP contribution in [0, 0.1) is 12.7 Å². The maximum atomic E-state index is 13.9. The van der Waals surface area contributed by atoms with E-state index in [1.54, 1.807) is 10.3 Å². The van der Waals surface area contributed by atoms with E-state index in [-0.39, 0.29) is 11.8 Å². The predicted molar refractivity (Wildman–Crippen MR) is 94.6 cm³/mol. The SMILES string of the molecule is Cc1nc(C(=O)N2Cc3cccn3C[C@@H](Oc3ncccc3F)C2)cs1. The summed E-state index contributed by atoms with van der Waals surface area (Å²) in [6.45, 7) is 3.16. The number of amides is 1. The molecule has 0 radical (unpaired) electrons. The van der Waals surface area contributed by atoms with E-state index in [0.29, 0.717) is 25.3 Å². The van der Waals surface area contributed by atoms with Crippen LogP contribution >= 0.6 is 11.3 Å². The number of nitrogens with zero attached hydrogens (tertiary/aromatic N) is 4. The van der Waals surface area contributed by atoms with Crippen molar-refractivity contribution in [2.24, 2.45) is 0 Å². The van der Waals surface area contributed by atoms with Crippen molar-refractivity contribution in [3.63, 3.8) is 0 Å². The lowest BCUT2D eigenvalue weighted by Gasteiger charge is -2.24. The Morgan fingerprint density at radius 2 is 2.23 bits per heavy atom. The minimum atomic E-state index is -0.516. The van der Waals surface area contributed by atoms with Crippen molar-refractivity contribution in [2.75, 3.05) is 6.54 Å². The molecule has 8 heteroatoms. The van der Waals surface area contributed by atoms with Gasteiger partial charge in [-0.15, -0.1) is 11.3 Å². The van der Waals surface area contributed by atoms with Crippen molar-refractivity contribution in [3.8, 4) is 5.88 Å². The van der Waals surface area contributed by atoms with Gasteiger partial charge >= 0.3 is 0 Å². The average Bonchev–Trinajstić information content (AvgIpc) is 3.21. The monoisotopic (exact) mass is 372 g/mol. The molecule has 26 heavy (non-hydrogen) atoms. The summed E-state index contributed by atoms with van der Waals surface area (Å²) in [5.74, 6) is -0.721. The normalized spacial score (nSPS) is 16.8. The van der Waals surface area contributed by atoms with Crippen molar-refractivity contribution in [1.29, 1.82) is 0 Å². The summed E-state index contributed by atoms with van der Waals surface area (Å²) in [6.07, 6.45) is 3.00. The van der Waals surface area contributed by atoms with Crippen LogP contribution in [0.15, 0.2) is 42.0 Å². The molecule has 4 rings (SSSR count). The second-order valence-electron chi connectivity index (χ2n) is 6.12. The van der Waals surface area contributed by atoms with Gasteiger partial charge in [-0.05, 0) is 31.2 Å². The Morgan fingerprint density at radius 3 is 3.00 bits per heavy atom. The van der Waals surface area contributed by atoms with Crippen LogP contribution in [0.5, 0.6) is 5.88 Å². The first-order chi connectivity index (χ1) is 12.6. The molecule has 4 heterocycles. The fourth-order valence-corrected chi connectivity index (χ4v) is 3.61. The Bertz CT molecular complexity index is 939. The Labute approximate surface area is 153 Å². The molecular weight excluding hydrogens is 355 g/mol. The number of halogens is 1. The van der Waals surface area contributed by atoms with Crippen LogP contribution in [0.2, 0.25) is 0 Å². The summed E-state index contributed by atoms with van der Waals surface area (Å²) in [4.78, 5) is 22.8. The zero-order valence-electron chi connectivity index (χ0n) is 14.1. The maximum Gasteiger partial charge on any atom is 0.273 e. The van der Waals surface area contributed by atoms with E-state index >= 15 is 0 Å². The first-order valence-corrected chi connectivity index (χ1v) is 9.10. The number of fused-ring (bicyclic) bond motifs is 1. The minimum absolute atomic E-state index is 0.0509. The molecule has 1 amide bonds.